The summed E-state index contributed by atoms with van der Waals surface area (Å²) in [4.78, 5) is 0. The highest BCUT2D eigenvalue weighted by atomic mass is 16.3. The highest BCUT2D eigenvalue weighted by molar-refractivity contribution is 5.16. The molecule has 0 amide bonds. The highest BCUT2D eigenvalue weighted by Gasteiger charge is 2.09. The van der Waals surface area contributed by atoms with E-state index in [0.717, 1.165) is 25.1 Å². The number of nitrogens with one attached hydrogen (secondary N) is 1. The van der Waals surface area contributed by atoms with Crippen LogP contribution in [0.3, 0.4) is 0 Å². The van der Waals surface area contributed by atoms with Gasteiger partial charge >= 0.3 is 0 Å². The molecular weight excluding hydrogens is 226 g/mol. The Kier molecular flexibility index (Phi) is 4.20. The fraction of sp³-hybridized carbons (Fsp3) is 0.500. The van der Waals surface area contributed by atoms with E-state index < -0.39 is 0 Å². The number of rotatable bonds is 6. The molecule has 0 radical (unpaired) electrons. The predicted octanol–water partition coefficient (Wildman–Crippen LogP) is 2.30. The Morgan fingerprint density at radius 2 is 2.33 bits per heavy atom. The topological polar surface area (TPSA) is 43.0 Å². The Bertz CT molecular complexity index is 473. The summed E-state index contributed by atoms with van der Waals surface area (Å²) >= 11 is 0. The van der Waals surface area contributed by atoms with Gasteiger partial charge in [-0.25, -0.2) is 0 Å². The summed E-state index contributed by atoms with van der Waals surface area (Å²) in [5.74, 6) is 1.02. The Morgan fingerprint density at radius 3 is 3.00 bits per heavy atom. The molecule has 2 aromatic rings. The first-order chi connectivity index (χ1) is 8.69. The molecule has 98 valence electrons. The fourth-order valence-electron chi connectivity index (χ4n) is 2.12. The number of aromatic nitrogens is 2. The van der Waals surface area contributed by atoms with E-state index in [1.165, 1.54) is 11.3 Å². The summed E-state index contributed by atoms with van der Waals surface area (Å²) in [6, 6.07) is 4.33. The third-order valence-electron chi connectivity index (χ3n) is 3.06. The molecule has 4 heteroatoms. The van der Waals surface area contributed by atoms with E-state index in [2.05, 4.69) is 30.5 Å². The van der Waals surface area contributed by atoms with Crippen LogP contribution in [0, 0.1) is 0 Å². The van der Waals surface area contributed by atoms with Crippen molar-refractivity contribution in [2.45, 2.75) is 39.3 Å². The van der Waals surface area contributed by atoms with Crippen LogP contribution in [0.4, 0.5) is 0 Å². The van der Waals surface area contributed by atoms with Crippen molar-refractivity contribution in [3.8, 4) is 0 Å². The molecule has 4 nitrogen and oxygen atoms in total. The van der Waals surface area contributed by atoms with E-state index in [1.807, 2.05) is 23.9 Å². The summed E-state index contributed by atoms with van der Waals surface area (Å²) < 4.78 is 7.23. The minimum Gasteiger partial charge on any atom is -0.469 e. The minimum absolute atomic E-state index is 0.390. The number of hydrogen-bond donors (Lipinski definition) is 1. The lowest BCUT2D eigenvalue weighted by molar-refractivity contribution is 0.456. The van der Waals surface area contributed by atoms with E-state index in [1.54, 1.807) is 6.26 Å². The van der Waals surface area contributed by atoms with Crippen LogP contribution in [-0.4, -0.2) is 15.8 Å². The lowest BCUT2D eigenvalue weighted by Gasteiger charge is -2.12. The molecular formula is C14H21N3O. The molecule has 0 aliphatic carbocycles. The Balaban J connectivity index is 1.86. The normalized spacial score (nSPS) is 12.8. The molecule has 0 fully saturated rings. The second-order valence-corrected chi connectivity index (χ2v) is 4.69. The first-order valence-electron chi connectivity index (χ1n) is 6.46. The average molecular weight is 247 g/mol. The van der Waals surface area contributed by atoms with Crippen molar-refractivity contribution in [2.24, 2.45) is 7.05 Å². The van der Waals surface area contributed by atoms with Crippen molar-refractivity contribution in [2.75, 3.05) is 0 Å². The van der Waals surface area contributed by atoms with Crippen LogP contribution in [-0.2, 0) is 26.4 Å². The quantitative estimate of drug-likeness (QED) is 0.851. The first-order valence-corrected chi connectivity index (χ1v) is 6.46. The molecule has 0 spiro atoms. The number of nitrogens with zero attached hydrogens (tertiary/aromatic N) is 2. The maximum absolute atomic E-state index is 5.35. The molecule has 0 aliphatic heterocycles. The van der Waals surface area contributed by atoms with Crippen LogP contribution in [0.5, 0.6) is 0 Å². The van der Waals surface area contributed by atoms with Gasteiger partial charge in [0.05, 0.1) is 12.0 Å². The highest BCUT2D eigenvalue weighted by Crippen LogP contribution is 2.08. The maximum Gasteiger partial charge on any atom is 0.105 e. The lowest BCUT2D eigenvalue weighted by atomic mass is 10.1. The van der Waals surface area contributed by atoms with Gasteiger partial charge in [-0.15, -0.1) is 0 Å². The van der Waals surface area contributed by atoms with Crippen molar-refractivity contribution >= 4 is 0 Å². The zero-order valence-electron chi connectivity index (χ0n) is 11.3. The summed E-state index contributed by atoms with van der Waals surface area (Å²) in [6.45, 7) is 5.17. The number of hydrogen-bond acceptors (Lipinski definition) is 3. The van der Waals surface area contributed by atoms with Gasteiger partial charge in [-0.2, -0.15) is 5.10 Å². The van der Waals surface area contributed by atoms with Crippen molar-refractivity contribution in [1.29, 1.82) is 0 Å². The number of aryl methyl sites for hydroxylation is 2. The first kappa shape index (κ1) is 12.9. The van der Waals surface area contributed by atoms with Crippen LogP contribution in [0.25, 0.3) is 0 Å². The zero-order chi connectivity index (χ0) is 13.0. The average Bonchev–Trinajstić information content (AvgIpc) is 2.95. The molecule has 0 saturated heterocycles. The van der Waals surface area contributed by atoms with Gasteiger partial charge in [0, 0.05) is 37.8 Å². The predicted molar refractivity (Wildman–Crippen MR) is 71.3 cm³/mol. The monoisotopic (exact) mass is 247 g/mol. The van der Waals surface area contributed by atoms with Crippen LogP contribution in [0.15, 0.2) is 29.0 Å². The zero-order valence-corrected chi connectivity index (χ0v) is 11.3. The minimum atomic E-state index is 0.390. The van der Waals surface area contributed by atoms with Crippen molar-refractivity contribution in [3.63, 3.8) is 0 Å². The molecule has 1 N–H and O–H groups in total. The van der Waals surface area contributed by atoms with Gasteiger partial charge < -0.3 is 9.73 Å². The van der Waals surface area contributed by atoms with Gasteiger partial charge in [-0.05, 0) is 25.5 Å². The Morgan fingerprint density at radius 1 is 1.50 bits per heavy atom. The third-order valence-corrected chi connectivity index (χ3v) is 3.06. The van der Waals surface area contributed by atoms with Gasteiger partial charge in [-0.3, -0.25) is 4.68 Å². The molecule has 0 bridgehead atoms. The summed E-state index contributed by atoms with van der Waals surface area (Å²) in [5, 5.41) is 7.95. The molecule has 1 unspecified atom stereocenters. The molecule has 18 heavy (non-hydrogen) atoms. The standard InChI is InChI=1S/C14H21N3O/c1-4-14-12(10-17(3)16-14)9-15-11(2)8-13-6-5-7-18-13/h5-7,10-11,15H,4,8-9H2,1-3H3. The van der Waals surface area contributed by atoms with Crippen LogP contribution >= 0.6 is 0 Å². The largest absolute Gasteiger partial charge is 0.469 e. The molecule has 1 atom stereocenters. The maximum atomic E-state index is 5.35. The van der Waals surface area contributed by atoms with E-state index in [4.69, 9.17) is 4.42 Å². The van der Waals surface area contributed by atoms with Crippen molar-refractivity contribution in [3.05, 3.63) is 41.6 Å². The molecule has 0 aromatic carbocycles. The number of furan rings is 1. The van der Waals surface area contributed by atoms with E-state index in [-0.39, 0.29) is 0 Å². The lowest BCUT2D eigenvalue weighted by Crippen LogP contribution is -2.27. The van der Waals surface area contributed by atoms with Crippen LogP contribution < -0.4 is 5.32 Å². The Labute approximate surface area is 108 Å². The summed E-state index contributed by atoms with van der Waals surface area (Å²) in [6.07, 6.45) is 5.70. The fourth-order valence-corrected chi connectivity index (χ4v) is 2.12. The van der Waals surface area contributed by atoms with E-state index in [0.29, 0.717) is 6.04 Å². The van der Waals surface area contributed by atoms with Crippen molar-refractivity contribution < 1.29 is 4.42 Å². The van der Waals surface area contributed by atoms with Gasteiger partial charge in [-0.1, -0.05) is 6.92 Å². The smallest absolute Gasteiger partial charge is 0.105 e. The molecule has 0 saturated carbocycles. The van der Waals surface area contributed by atoms with E-state index in [9.17, 15) is 0 Å². The van der Waals surface area contributed by atoms with Crippen molar-refractivity contribution in [1.82, 2.24) is 15.1 Å². The molecule has 2 heterocycles. The summed E-state index contributed by atoms with van der Waals surface area (Å²) in [5.41, 5.74) is 2.46. The van der Waals surface area contributed by atoms with Crippen LogP contribution in [0.1, 0.15) is 30.9 Å². The molecule has 2 rings (SSSR count). The Hall–Kier alpha value is -1.55. The van der Waals surface area contributed by atoms with Gasteiger partial charge in [0.15, 0.2) is 0 Å². The van der Waals surface area contributed by atoms with E-state index >= 15 is 0 Å². The summed E-state index contributed by atoms with van der Waals surface area (Å²) in [7, 11) is 1.97. The second-order valence-electron chi connectivity index (χ2n) is 4.69. The van der Waals surface area contributed by atoms with Gasteiger partial charge in [0.1, 0.15) is 5.76 Å². The molecule has 0 aliphatic rings. The van der Waals surface area contributed by atoms with Gasteiger partial charge in [0.2, 0.25) is 0 Å². The molecule has 2 aromatic heterocycles. The third kappa shape index (κ3) is 3.23. The van der Waals surface area contributed by atoms with Gasteiger partial charge in [0.25, 0.3) is 0 Å². The SMILES string of the molecule is CCc1nn(C)cc1CNC(C)Cc1ccco1. The van der Waals surface area contributed by atoms with Crippen LogP contribution in [0.2, 0.25) is 0 Å². The second kappa shape index (κ2) is 5.87.